The van der Waals surface area contributed by atoms with Gasteiger partial charge in [-0.15, -0.1) is 16.8 Å². The third kappa shape index (κ3) is 4.99. The highest BCUT2D eigenvalue weighted by atomic mass is 35.5. The summed E-state index contributed by atoms with van der Waals surface area (Å²) in [6.45, 7) is 6.33. The third-order valence-electron chi connectivity index (χ3n) is 4.66. The van der Waals surface area contributed by atoms with Crippen LogP contribution in [0.4, 0.5) is 5.69 Å². The van der Waals surface area contributed by atoms with E-state index in [2.05, 4.69) is 34.3 Å². The lowest BCUT2D eigenvalue weighted by atomic mass is 10.2. The number of benzene rings is 2. The van der Waals surface area contributed by atoms with Crippen LogP contribution in [0.3, 0.4) is 0 Å². The van der Waals surface area contributed by atoms with E-state index >= 15 is 0 Å². The van der Waals surface area contributed by atoms with Gasteiger partial charge in [-0.2, -0.15) is 18.8 Å². The van der Waals surface area contributed by atoms with Crippen molar-refractivity contribution < 1.29 is 8.42 Å². The molecule has 0 atom stereocenters. The highest BCUT2D eigenvalue weighted by molar-refractivity contribution is 7.90. The number of hydrogen-bond acceptors (Lipinski definition) is 6. The molecule has 0 spiro atoms. The molecule has 0 radical (unpaired) electrons. The molecule has 7 nitrogen and oxygen atoms in total. The fourth-order valence-electron chi connectivity index (χ4n) is 3.15. The number of amidine groups is 1. The molecule has 1 aliphatic heterocycles. The number of hydrogen-bond donors (Lipinski definition) is 0. The second-order valence-electron chi connectivity index (χ2n) is 6.43. The van der Waals surface area contributed by atoms with Gasteiger partial charge in [-0.1, -0.05) is 24.3 Å². The standard InChI is InChI=1S/C21H23N5O2S.ClH/c1-3-25(4-2)18-12-10-17(11-13-18)16-23-26(15-7-14-22)21-19-8-5-6-9-20(19)29(27,28)24-21;/h5-6,8-13,16H,3-4,7,15H2,1-2H3;1H/b23-16+;. The maximum Gasteiger partial charge on any atom is 0.285 e. The molecule has 2 aromatic carbocycles. The number of rotatable bonds is 7. The first-order valence-electron chi connectivity index (χ1n) is 9.48. The zero-order chi connectivity index (χ0) is 20.9. The molecule has 30 heavy (non-hydrogen) atoms. The van der Waals surface area contributed by atoms with Gasteiger partial charge in [0.25, 0.3) is 10.0 Å². The molecule has 158 valence electrons. The summed E-state index contributed by atoms with van der Waals surface area (Å²) in [6, 6.07) is 16.7. The van der Waals surface area contributed by atoms with Crippen LogP contribution in [-0.2, 0) is 10.0 Å². The van der Waals surface area contributed by atoms with Gasteiger partial charge >= 0.3 is 0 Å². The molecule has 0 aliphatic carbocycles. The second kappa shape index (κ2) is 10.2. The van der Waals surface area contributed by atoms with Gasteiger partial charge in [-0.25, -0.2) is 5.01 Å². The quantitative estimate of drug-likeness (QED) is 0.479. The van der Waals surface area contributed by atoms with Crippen molar-refractivity contribution in [3.63, 3.8) is 0 Å². The Kier molecular flexibility index (Phi) is 7.98. The van der Waals surface area contributed by atoms with E-state index in [1.54, 1.807) is 24.4 Å². The number of halogens is 1. The smallest absolute Gasteiger partial charge is 0.285 e. The Hall–Kier alpha value is -2.89. The highest BCUT2D eigenvalue weighted by Crippen LogP contribution is 2.27. The van der Waals surface area contributed by atoms with Gasteiger partial charge in [-0.05, 0) is 43.7 Å². The molecule has 0 aromatic heterocycles. The topological polar surface area (TPSA) is 89.1 Å². The maximum absolute atomic E-state index is 12.3. The second-order valence-corrected chi connectivity index (χ2v) is 8.00. The number of fused-ring (bicyclic) bond motifs is 1. The molecule has 2 aromatic rings. The number of anilines is 1. The predicted octanol–water partition coefficient (Wildman–Crippen LogP) is 3.65. The molecule has 1 aliphatic rings. The number of nitrogens with zero attached hydrogens (tertiary/aromatic N) is 5. The van der Waals surface area contributed by atoms with E-state index in [4.69, 9.17) is 5.26 Å². The van der Waals surface area contributed by atoms with Crippen molar-refractivity contribution in [1.82, 2.24) is 5.01 Å². The van der Waals surface area contributed by atoms with Crippen molar-refractivity contribution in [2.45, 2.75) is 25.2 Å². The summed E-state index contributed by atoms with van der Waals surface area (Å²) in [4.78, 5) is 2.41. The van der Waals surface area contributed by atoms with E-state index in [-0.39, 0.29) is 36.1 Å². The lowest BCUT2D eigenvalue weighted by molar-refractivity contribution is 0.459. The minimum Gasteiger partial charge on any atom is -0.372 e. The SMILES string of the molecule is CCN(CC)c1ccc(/C=N/N(CCC#N)C2=NS(=O)(=O)c3ccccc32)cc1.Cl. The van der Waals surface area contributed by atoms with Crippen LogP contribution in [-0.4, -0.2) is 45.1 Å². The fourth-order valence-corrected chi connectivity index (χ4v) is 4.35. The van der Waals surface area contributed by atoms with Crippen molar-refractivity contribution in [1.29, 1.82) is 5.26 Å². The molecule has 0 fully saturated rings. The molecule has 0 N–H and O–H groups in total. The molecule has 0 unspecified atom stereocenters. The van der Waals surface area contributed by atoms with Gasteiger partial charge in [0.15, 0.2) is 5.84 Å². The molecule has 0 saturated carbocycles. The van der Waals surface area contributed by atoms with Gasteiger partial charge in [0.1, 0.15) is 4.90 Å². The monoisotopic (exact) mass is 445 g/mol. The van der Waals surface area contributed by atoms with Crippen LogP contribution < -0.4 is 4.90 Å². The van der Waals surface area contributed by atoms with Crippen LogP contribution in [0.5, 0.6) is 0 Å². The Morgan fingerprint density at radius 1 is 1.10 bits per heavy atom. The Bertz CT molecular complexity index is 1070. The van der Waals surface area contributed by atoms with E-state index in [1.165, 1.54) is 11.1 Å². The molecule has 0 bridgehead atoms. The van der Waals surface area contributed by atoms with Gasteiger partial charge < -0.3 is 4.90 Å². The summed E-state index contributed by atoms with van der Waals surface area (Å²) in [5.41, 5.74) is 2.51. The van der Waals surface area contributed by atoms with Crippen molar-refractivity contribution in [2.75, 3.05) is 24.5 Å². The van der Waals surface area contributed by atoms with Crippen molar-refractivity contribution in [3.8, 4) is 6.07 Å². The van der Waals surface area contributed by atoms with Gasteiger partial charge in [-0.3, -0.25) is 0 Å². The molecule has 9 heteroatoms. The molecule has 3 rings (SSSR count). The van der Waals surface area contributed by atoms with Crippen LogP contribution in [0.25, 0.3) is 0 Å². The molecular formula is C21H24ClN5O2S. The lowest BCUT2D eigenvalue weighted by Gasteiger charge is -2.21. The van der Waals surface area contributed by atoms with E-state index in [0.717, 1.165) is 24.3 Å². The largest absolute Gasteiger partial charge is 0.372 e. The Labute approximate surface area is 183 Å². The van der Waals surface area contributed by atoms with Crippen molar-refractivity contribution in [3.05, 3.63) is 59.7 Å². The summed E-state index contributed by atoms with van der Waals surface area (Å²) in [5.74, 6) is 0.242. The average Bonchev–Trinajstić information content (AvgIpc) is 3.01. The van der Waals surface area contributed by atoms with Crippen molar-refractivity contribution >= 4 is 40.2 Å². The summed E-state index contributed by atoms with van der Waals surface area (Å²) in [7, 11) is -3.74. The molecule has 1 heterocycles. The predicted molar refractivity (Wildman–Crippen MR) is 122 cm³/mol. The average molecular weight is 446 g/mol. The summed E-state index contributed by atoms with van der Waals surface area (Å²) < 4.78 is 28.6. The van der Waals surface area contributed by atoms with Gasteiger partial charge in [0.2, 0.25) is 0 Å². The first-order valence-corrected chi connectivity index (χ1v) is 10.9. The van der Waals surface area contributed by atoms with Crippen LogP contribution in [0.2, 0.25) is 0 Å². The van der Waals surface area contributed by atoms with Crippen LogP contribution in [0.1, 0.15) is 31.4 Å². The van der Waals surface area contributed by atoms with E-state index < -0.39 is 10.0 Å². The normalized spacial score (nSPS) is 13.8. The van der Waals surface area contributed by atoms with Gasteiger partial charge in [0.05, 0.1) is 25.2 Å². The zero-order valence-corrected chi connectivity index (χ0v) is 18.5. The van der Waals surface area contributed by atoms with E-state index in [9.17, 15) is 8.42 Å². The number of nitriles is 1. The Morgan fingerprint density at radius 2 is 1.77 bits per heavy atom. The maximum atomic E-state index is 12.3. The van der Waals surface area contributed by atoms with Gasteiger partial charge in [0, 0.05) is 24.3 Å². The van der Waals surface area contributed by atoms with Crippen LogP contribution in [0, 0.1) is 11.3 Å². The fraction of sp³-hybridized carbons (Fsp3) is 0.286. The van der Waals surface area contributed by atoms with E-state index in [0.29, 0.717) is 5.56 Å². The van der Waals surface area contributed by atoms with Crippen LogP contribution >= 0.6 is 12.4 Å². The van der Waals surface area contributed by atoms with Crippen molar-refractivity contribution in [2.24, 2.45) is 9.50 Å². The van der Waals surface area contributed by atoms with E-state index in [1.807, 2.05) is 24.3 Å². The summed E-state index contributed by atoms with van der Waals surface area (Å²) >= 11 is 0. The number of sulfonamides is 1. The summed E-state index contributed by atoms with van der Waals surface area (Å²) in [5, 5.41) is 14.9. The summed E-state index contributed by atoms with van der Waals surface area (Å²) in [6.07, 6.45) is 1.85. The van der Waals surface area contributed by atoms with Crippen LogP contribution in [0.15, 0.2) is 62.9 Å². The molecule has 0 saturated heterocycles. The zero-order valence-electron chi connectivity index (χ0n) is 16.9. The first kappa shape index (κ1) is 23.4. The Morgan fingerprint density at radius 3 is 2.40 bits per heavy atom. The minimum atomic E-state index is -3.74. The molecule has 0 amide bonds. The number of hydrazone groups is 1. The lowest BCUT2D eigenvalue weighted by Crippen LogP contribution is -2.27. The Balaban J connectivity index is 0.00000320. The third-order valence-corrected chi connectivity index (χ3v) is 5.99. The molecular weight excluding hydrogens is 422 g/mol. The minimum absolute atomic E-state index is 0. The first-order chi connectivity index (χ1) is 14.0. The highest BCUT2D eigenvalue weighted by Gasteiger charge is 2.31.